The second-order valence-electron chi connectivity index (χ2n) is 8.75. The van der Waals surface area contributed by atoms with E-state index in [1.54, 1.807) is 0 Å². The van der Waals surface area contributed by atoms with E-state index in [1.807, 2.05) is 0 Å². The fourth-order valence-electron chi connectivity index (χ4n) is 4.51. The number of hydrogen-bond donors (Lipinski definition) is 1. The molecule has 1 heterocycles. The van der Waals surface area contributed by atoms with Gasteiger partial charge in [-0.2, -0.15) is 0 Å². The van der Waals surface area contributed by atoms with Gasteiger partial charge in [-0.3, -0.25) is 4.90 Å². The van der Waals surface area contributed by atoms with Crippen LogP contribution in [0.1, 0.15) is 79.1 Å². The Bertz CT molecular complexity index is 413. The highest BCUT2D eigenvalue weighted by Gasteiger charge is 2.42. The zero-order valence-corrected chi connectivity index (χ0v) is 15.5. The molecule has 0 aromatic heterocycles. The summed E-state index contributed by atoms with van der Waals surface area (Å²) in [6, 6.07) is 0. The Labute approximate surface area is 142 Å². The quantitative estimate of drug-likeness (QED) is 0.783. The highest BCUT2D eigenvalue weighted by atomic mass is 16.5. The maximum atomic E-state index is 10.6. The van der Waals surface area contributed by atoms with Gasteiger partial charge < -0.3 is 9.84 Å². The number of piperidine rings is 1. The van der Waals surface area contributed by atoms with E-state index in [2.05, 4.69) is 38.5 Å². The highest BCUT2D eigenvalue weighted by Crippen LogP contribution is 2.38. The first-order chi connectivity index (χ1) is 10.7. The average molecular weight is 322 g/mol. The van der Waals surface area contributed by atoms with Gasteiger partial charge in [0, 0.05) is 17.6 Å². The molecular formula is C20H35NO2. The lowest BCUT2D eigenvalue weighted by atomic mass is 9.79. The maximum absolute atomic E-state index is 10.6. The van der Waals surface area contributed by atoms with Gasteiger partial charge in [0.2, 0.25) is 0 Å². The summed E-state index contributed by atoms with van der Waals surface area (Å²) in [6.07, 6.45) is 14.2. The van der Waals surface area contributed by atoms with E-state index < -0.39 is 11.7 Å². The van der Waals surface area contributed by atoms with Crippen LogP contribution in [0.15, 0.2) is 0 Å². The third-order valence-electron chi connectivity index (χ3n) is 5.91. The topological polar surface area (TPSA) is 32.7 Å². The first-order valence-electron chi connectivity index (χ1n) is 9.28. The number of ether oxygens (including phenoxy) is 1. The van der Waals surface area contributed by atoms with Crippen LogP contribution in [0.2, 0.25) is 0 Å². The number of β-amino-alcohol motifs (C(OH)–C–C–N with tert-alkyl or cyclic N) is 1. The van der Waals surface area contributed by atoms with Crippen molar-refractivity contribution in [2.75, 3.05) is 13.2 Å². The number of nitrogens with zero attached hydrogens (tertiary/aromatic N) is 1. The maximum Gasteiger partial charge on any atom is 0.128 e. The zero-order valence-electron chi connectivity index (χ0n) is 15.5. The SMILES string of the molecule is C#CC1(OCC(O)CN2C(C)(C)CCCC2(C)C)CCCCC1. The molecule has 0 radical (unpaired) electrons. The van der Waals surface area contributed by atoms with Crippen molar-refractivity contribution in [2.24, 2.45) is 0 Å². The van der Waals surface area contributed by atoms with Gasteiger partial charge in [0.15, 0.2) is 0 Å². The van der Waals surface area contributed by atoms with E-state index in [0.29, 0.717) is 13.2 Å². The number of aliphatic hydroxyl groups excluding tert-OH is 1. The first-order valence-corrected chi connectivity index (χ1v) is 9.28. The van der Waals surface area contributed by atoms with Crippen molar-refractivity contribution in [2.45, 2.75) is 102 Å². The van der Waals surface area contributed by atoms with Gasteiger partial charge in [-0.1, -0.05) is 12.3 Å². The van der Waals surface area contributed by atoms with Crippen LogP contribution in [-0.4, -0.2) is 45.9 Å². The van der Waals surface area contributed by atoms with Gasteiger partial charge in [0.1, 0.15) is 5.60 Å². The molecule has 0 aromatic carbocycles. The Balaban J connectivity index is 1.93. The van der Waals surface area contributed by atoms with E-state index in [-0.39, 0.29) is 11.1 Å². The van der Waals surface area contributed by atoms with Crippen LogP contribution in [0.4, 0.5) is 0 Å². The summed E-state index contributed by atoms with van der Waals surface area (Å²) in [6.45, 7) is 10.1. The van der Waals surface area contributed by atoms with Crippen LogP contribution >= 0.6 is 0 Å². The first kappa shape index (κ1) is 18.8. The second kappa shape index (κ2) is 7.13. The van der Waals surface area contributed by atoms with E-state index in [4.69, 9.17) is 11.2 Å². The molecule has 1 saturated heterocycles. The standard InChI is InChI=1S/C20H35NO2/c1-6-20(13-8-7-9-14-20)23-16-17(22)15-21-18(2,3)11-10-12-19(21,4)5/h1,17,22H,7-16H2,2-5H3. The minimum Gasteiger partial charge on any atom is -0.389 e. The number of likely N-dealkylation sites (tertiary alicyclic amines) is 1. The Morgan fingerprint density at radius 3 is 2.09 bits per heavy atom. The minimum atomic E-state index is -0.487. The molecule has 2 fully saturated rings. The minimum absolute atomic E-state index is 0.122. The highest BCUT2D eigenvalue weighted by molar-refractivity contribution is 5.10. The van der Waals surface area contributed by atoms with Crippen molar-refractivity contribution < 1.29 is 9.84 Å². The van der Waals surface area contributed by atoms with E-state index in [1.165, 1.54) is 25.7 Å². The van der Waals surface area contributed by atoms with Crippen LogP contribution in [0.5, 0.6) is 0 Å². The van der Waals surface area contributed by atoms with Crippen LogP contribution in [0.25, 0.3) is 0 Å². The molecule has 2 rings (SSSR count). The Morgan fingerprint density at radius 1 is 1.00 bits per heavy atom. The Kier molecular flexibility index (Phi) is 5.82. The molecule has 0 amide bonds. The summed E-state index contributed by atoms with van der Waals surface area (Å²) in [5.41, 5.74) is -0.194. The predicted octanol–water partition coefficient (Wildman–Crippen LogP) is 3.74. The smallest absolute Gasteiger partial charge is 0.128 e. The lowest BCUT2D eigenvalue weighted by Crippen LogP contribution is -2.60. The molecule has 1 atom stereocenters. The molecule has 3 nitrogen and oxygen atoms in total. The molecule has 0 bridgehead atoms. The van der Waals surface area contributed by atoms with E-state index in [9.17, 15) is 5.11 Å². The lowest BCUT2D eigenvalue weighted by molar-refractivity contribution is -0.0979. The van der Waals surface area contributed by atoms with Gasteiger partial charge in [0.25, 0.3) is 0 Å². The third-order valence-corrected chi connectivity index (χ3v) is 5.91. The molecule has 3 heteroatoms. The summed E-state index contributed by atoms with van der Waals surface area (Å²) in [7, 11) is 0. The molecule has 2 aliphatic rings. The van der Waals surface area contributed by atoms with Gasteiger partial charge in [-0.05, 0) is 72.6 Å². The number of hydrogen-bond acceptors (Lipinski definition) is 3. The Morgan fingerprint density at radius 2 is 1.57 bits per heavy atom. The predicted molar refractivity (Wildman–Crippen MR) is 95.3 cm³/mol. The molecule has 23 heavy (non-hydrogen) atoms. The van der Waals surface area contributed by atoms with E-state index >= 15 is 0 Å². The van der Waals surface area contributed by atoms with Gasteiger partial charge in [-0.25, -0.2) is 0 Å². The molecule has 1 aliphatic heterocycles. The summed E-state index contributed by atoms with van der Waals surface area (Å²) in [4.78, 5) is 2.46. The zero-order chi connectivity index (χ0) is 17.1. The molecule has 1 saturated carbocycles. The number of aliphatic hydroxyl groups is 1. The molecule has 0 aromatic rings. The molecule has 132 valence electrons. The fraction of sp³-hybridized carbons (Fsp3) is 0.900. The second-order valence-corrected chi connectivity index (χ2v) is 8.75. The van der Waals surface area contributed by atoms with E-state index in [0.717, 1.165) is 25.7 Å². The van der Waals surface area contributed by atoms with Crippen molar-refractivity contribution in [3.8, 4) is 12.3 Å². The van der Waals surface area contributed by atoms with Gasteiger partial charge in [-0.15, -0.1) is 6.42 Å². The largest absolute Gasteiger partial charge is 0.389 e. The van der Waals surface area contributed by atoms with Crippen molar-refractivity contribution in [3.05, 3.63) is 0 Å². The third kappa shape index (κ3) is 4.50. The average Bonchev–Trinajstić information content (AvgIpc) is 2.49. The summed E-state index contributed by atoms with van der Waals surface area (Å²) in [5, 5.41) is 10.6. The molecule has 1 unspecified atom stereocenters. The molecule has 1 N–H and O–H groups in total. The van der Waals surface area contributed by atoms with Crippen molar-refractivity contribution in [1.29, 1.82) is 0 Å². The van der Waals surface area contributed by atoms with Crippen molar-refractivity contribution in [1.82, 2.24) is 4.90 Å². The summed E-state index contributed by atoms with van der Waals surface area (Å²) in [5.74, 6) is 2.86. The molecule has 0 spiro atoms. The van der Waals surface area contributed by atoms with Crippen LogP contribution in [0, 0.1) is 12.3 Å². The Hall–Kier alpha value is -0.560. The van der Waals surface area contributed by atoms with Crippen LogP contribution < -0.4 is 0 Å². The normalized spacial score (nSPS) is 28.0. The lowest BCUT2D eigenvalue weighted by Gasteiger charge is -2.53. The fourth-order valence-corrected chi connectivity index (χ4v) is 4.51. The molecular weight excluding hydrogens is 286 g/mol. The summed E-state index contributed by atoms with van der Waals surface area (Å²) < 4.78 is 6.05. The van der Waals surface area contributed by atoms with Crippen LogP contribution in [-0.2, 0) is 4.74 Å². The van der Waals surface area contributed by atoms with Gasteiger partial charge in [0.05, 0.1) is 12.7 Å². The van der Waals surface area contributed by atoms with Crippen LogP contribution in [0.3, 0.4) is 0 Å². The number of rotatable bonds is 5. The summed E-state index contributed by atoms with van der Waals surface area (Å²) >= 11 is 0. The number of terminal acetylenes is 1. The van der Waals surface area contributed by atoms with Crippen molar-refractivity contribution in [3.63, 3.8) is 0 Å². The van der Waals surface area contributed by atoms with Gasteiger partial charge >= 0.3 is 0 Å². The monoisotopic (exact) mass is 321 g/mol. The van der Waals surface area contributed by atoms with Crippen molar-refractivity contribution >= 4 is 0 Å². The molecule has 1 aliphatic carbocycles.